The average molecular weight is 359 g/mol. The van der Waals surface area contributed by atoms with Crippen molar-refractivity contribution in [2.45, 2.75) is 40.5 Å². The number of nitriles is 1. The maximum atomic E-state index is 12.5. The van der Waals surface area contributed by atoms with Gasteiger partial charge in [0.1, 0.15) is 5.76 Å². The number of aliphatic hydroxyl groups excluding tert-OH is 1. The molecule has 3 nitrogen and oxygen atoms in total. The van der Waals surface area contributed by atoms with Crippen LogP contribution in [0.5, 0.6) is 0 Å². The Morgan fingerprint density at radius 1 is 1.15 bits per heavy atom. The van der Waals surface area contributed by atoms with Gasteiger partial charge in [-0.1, -0.05) is 35.9 Å². The summed E-state index contributed by atoms with van der Waals surface area (Å²) < 4.78 is 0. The lowest BCUT2D eigenvalue weighted by atomic mass is 9.78. The number of benzene rings is 1. The third-order valence-electron chi connectivity index (χ3n) is 4.64. The van der Waals surface area contributed by atoms with Gasteiger partial charge in [0.05, 0.1) is 11.6 Å². The van der Waals surface area contributed by atoms with E-state index in [1.807, 2.05) is 52.0 Å². The second kappa shape index (κ2) is 8.05. The highest BCUT2D eigenvalue weighted by atomic mass is 16.3. The fourth-order valence-corrected chi connectivity index (χ4v) is 3.58. The first-order valence-corrected chi connectivity index (χ1v) is 8.84. The number of nitrogens with zero attached hydrogens (tertiary/aromatic N) is 1. The van der Waals surface area contributed by atoms with E-state index in [9.17, 15) is 15.2 Å². The molecular weight excluding hydrogens is 334 g/mol. The molecule has 1 N–H and O–H groups in total. The molecule has 0 spiro atoms. The Bertz CT molecular complexity index is 974. The van der Waals surface area contributed by atoms with Gasteiger partial charge >= 0.3 is 0 Å². The van der Waals surface area contributed by atoms with Crippen molar-refractivity contribution in [1.29, 1.82) is 5.26 Å². The van der Waals surface area contributed by atoms with E-state index in [1.54, 1.807) is 19.1 Å². The Morgan fingerprint density at radius 2 is 1.81 bits per heavy atom. The van der Waals surface area contributed by atoms with Crippen LogP contribution in [0.1, 0.15) is 50.3 Å². The zero-order valence-electron chi connectivity index (χ0n) is 16.6. The minimum Gasteiger partial charge on any atom is -0.508 e. The minimum absolute atomic E-state index is 0.0397. The molecule has 1 aliphatic carbocycles. The molecular formula is C24H25NO2. The number of carbonyl (C=O) groups excluding carboxylic acids is 1. The molecule has 27 heavy (non-hydrogen) atoms. The molecule has 0 bridgehead atoms. The van der Waals surface area contributed by atoms with Crippen molar-refractivity contribution in [3.8, 4) is 6.07 Å². The van der Waals surface area contributed by atoms with E-state index in [1.165, 1.54) is 0 Å². The minimum atomic E-state index is -0.425. The van der Waals surface area contributed by atoms with Crippen LogP contribution < -0.4 is 0 Å². The number of allylic oxidation sites excluding steroid dienone is 8. The van der Waals surface area contributed by atoms with Gasteiger partial charge in [-0.25, -0.2) is 0 Å². The molecule has 0 heterocycles. The van der Waals surface area contributed by atoms with Gasteiger partial charge < -0.3 is 5.11 Å². The Balaban J connectivity index is 2.84. The van der Waals surface area contributed by atoms with Crippen LogP contribution in [0, 0.1) is 18.3 Å². The SMILES string of the molecule is C=C1C=C(C)C=C([C@@H](C(C(C)=O)=C(C)C)c2ccc(C#N)cc2C)C(O)=C1. The molecule has 2 rings (SSSR count). The van der Waals surface area contributed by atoms with Gasteiger partial charge in [0.15, 0.2) is 5.78 Å². The summed E-state index contributed by atoms with van der Waals surface area (Å²) in [4.78, 5) is 12.5. The number of ketones is 1. The van der Waals surface area contributed by atoms with Gasteiger partial charge in [-0.3, -0.25) is 4.79 Å². The first-order valence-electron chi connectivity index (χ1n) is 8.84. The van der Waals surface area contributed by atoms with Gasteiger partial charge in [0.25, 0.3) is 0 Å². The Morgan fingerprint density at radius 3 is 2.33 bits per heavy atom. The lowest BCUT2D eigenvalue weighted by Gasteiger charge is -2.25. The van der Waals surface area contributed by atoms with Crippen molar-refractivity contribution in [2.75, 3.05) is 0 Å². The molecule has 1 aromatic carbocycles. The molecule has 1 aromatic rings. The zero-order chi connectivity index (χ0) is 20.3. The van der Waals surface area contributed by atoms with Gasteiger partial charge in [-0.2, -0.15) is 5.26 Å². The van der Waals surface area contributed by atoms with E-state index in [-0.39, 0.29) is 11.5 Å². The van der Waals surface area contributed by atoms with Crippen LogP contribution in [0.25, 0.3) is 0 Å². The van der Waals surface area contributed by atoms with E-state index in [0.29, 0.717) is 22.3 Å². The average Bonchev–Trinajstić information content (AvgIpc) is 2.68. The molecule has 0 aromatic heterocycles. The molecule has 3 heteroatoms. The lowest BCUT2D eigenvalue weighted by molar-refractivity contribution is -0.113. The number of aryl methyl sites for hydroxylation is 1. The molecule has 1 atom stereocenters. The van der Waals surface area contributed by atoms with Crippen LogP contribution in [0.15, 0.2) is 76.6 Å². The van der Waals surface area contributed by atoms with E-state index >= 15 is 0 Å². The highest BCUT2D eigenvalue weighted by molar-refractivity contribution is 5.96. The molecule has 0 radical (unpaired) electrons. The van der Waals surface area contributed by atoms with E-state index < -0.39 is 5.92 Å². The fraction of sp³-hybridized carbons (Fsp3) is 0.250. The summed E-state index contributed by atoms with van der Waals surface area (Å²) >= 11 is 0. The van der Waals surface area contributed by atoms with Gasteiger partial charge in [-0.15, -0.1) is 0 Å². The standard InChI is InChI=1S/C24H25NO2/c1-14(2)23(18(6)26)24(20-8-7-19(13-25)12-17(20)5)21-10-15(3)9-16(4)11-22(21)27/h7-12,24,27H,4H2,1-3,5-6H3/t24-/m0/s1. The van der Waals surface area contributed by atoms with Crippen molar-refractivity contribution in [3.05, 3.63) is 93.3 Å². The van der Waals surface area contributed by atoms with Gasteiger partial charge in [-0.05, 0) is 69.5 Å². The third kappa shape index (κ3) is 4.35. The van der Waals surface area contributed by atoms with Crippen LogP contribution in [-0.4, -0.2) is 10.9 Å². The summed E-state index contributed by atoms with van der Waals surface area (Å²) in [6.07, 6.45) is 5.41. The van der Waals surface area contributed by atoms with Gasteiger partial charge in [0.2, 0.25) is 0 Å². The Labute approximate surface area is 161 Å². The normalized spacial score (nSPS) is 15.0. The van der Waals surface area contributed by atoms with Crippen LogP contribution in [-0.2, 0) is 4.79 Å². The van der Waals surface area contributed by atoms with Crippen molar-refractivity contribution < 1.29 is 9.90 Å². The molecule has 1 aliphatic rings. The topological polar surface area (TPSA) is 61.1 Å². The lowest BCUT2D eigenvalue weighted by Crippen LogP contribution is -2.16. The van der Waals surface area contributed by atoms with Crippen LogP contribution in [0.3, 0.4) is 0 Å². The van der Waals surface area contributed by atoms with Crippen LogP contribution in [0.2, 0.25) is 0 Å². The molecule has 0 saturated heterocycles. The van der Waals surface area contributed by atoms with Crippen molar-refractivity contribution >= 4 is 5.78 Å². The summed E-state index contributed by atoms with van der Waals surface area (Å²) in [5.41, 5.74) is 6.21. The van der Waals surface area contributed by atoms with Crippen molar-refractivity contribution in [3.63, 3.8) is 0 Å². The van der Waals surface area contributed by atoms with E-state index in [2.05, 4.69) is 12.6 Å². The van der Waals surface area contributed by atoms with Crippen LogP contribution >= 0.6 is 0 Å². The summed E-state index contributed by atoms with van der Waals surface area (Å²) in [7, 11) is 0. The molecule has 0 amide bonds. The summed E-state index contributed by atoms with van der Waals surface area (Å²) in [5, 5.41) is 20.0. The fourth-order valence-electron chi connectivity index (χ4n) is 3.58. The second-order valence-electron chi connectivity index (χ2n) is 7.18. The van der Waals surface area contributed by atoms with Crippen LogP contribution in [0.4, 0.5) is 0 Å². The first-order chi connectivity index (χ1) is 12.6. The Hall–Kier alpha value is -3.12. The molecule has 0 aliphatic heterocycles. The highest BCUT2D eigenvalue weighted by Gasteiger charge is 2.29. The first kappa shape index (κ1) is 20.2. The number of hydrogen-bond acceptors (Lipinski definition) is 3. The zero-order valence-corrected chi connectivity index (χ0v) is 16.6. The number of Topliss-reactive ketones (excluding diaryl/α,β-unsaturated/α-hetero) is 1. The summed E-state index contributed by atoms with van der Waals surface area (Å²) in [5.74, 6) is -0.366. The number of rotatable bonds is 4. The highest BCUT2D eigenvalue weighted by Crippen LogP contribution is 2.40. The summed E-state index contributed by atoms with van der Waals surface area (Å²) in [6, 6.07) is 7.58. The maximum absolute atomic E-state index is 12.5. The van der Waals surface area contributed by atoms with Gasteiger partial charge in [0, 0.05) is 17.1 Å². The summed E-state index contributed by atoms with van der Waals surface area (Å²) in [6.45, 7) is 13.2. The predicted molar refractivity (Wildman–Crippen MR) is 109 cm³/mol. The monoisotopic (exact) mass is 359 g/mol. The van der Waals surface area contributed by atoms with E-state index in [0.717, 1.165) is 22.3 Å². The molecule has 0 unspecified atom stereocenters. The smallest absolute Gasteiger partial charge is 0.156 e. The number of aliphatic hydroxyl groups is 1. The maximum Gasteiger partial charge on any atom is 0.156 e. The number of hydrogen-bond donors (Lipinski definition) is 1. The van der Waals surface area contributed by atoms with Crippen molar-refractivity contribution in [1.82, 2.24) is 0 Å². The quantitative estimate of drug-likeness (QED) is 0.695. The third-order valence-corrected chi connectivity index (χ3v) is 4.64. The molecule has 0 saturated carbocycles. The number of carbonyl (C=O) groups is 1. The predicted octanol–water partition coefficient (Wildman–Crippen LogP) is 5.76. The molecule has 0 fully saturated rings. The van der Waals surface area contributed by atoms with E-state index in [4.69, 9.17) is 0 Å². The largest absolute Gasteiger partial charge is 0.508 e. The molecule has 138 valence electrons. The van der Waals surface area contributed by atoms with Crippen molar-refractivity contribution in [2.24, 2.45) is 0 Å². The Kier molecular flexibility index (Phi) is 6.02. The second-order valence-corrected chi connectivity index (χ2v) is 7.18.